The van der Waals surface area contributed by atoms with Crippen LogP contribution in [0.15, 0.2) is 49.5 Å². The number of nitrogens with one attached hydrogen (secondary N) is 1. The largest absolute Gasteiger partial charge is 0.492 e. The summed E-state index contributed by atoms with van der Waals surface area (Å²) in [5.41, 5.74) is -0.626. The molecule has 1 amide bonds. The molecule has 7 nitrogen and oxygen atoms in total. The predicted molar refractivity (Wildman–Crippen MR) is 113 cm³/mol. The van der Waals surface area contributed by atoms with Crippen LogP contribution in [0.4, 0.5) is 4.79 Å². The van der Waals surface area contributed by atoms with Gasteiger partial charge < -0.3 is 24.3 Å². The van der Waals surface area contributed by atoms with Crippen molar-refractivity contribution in [2.24, 2.45) is 5.92 Å². The van der Waals surface area contributed by atoms with Crippen molar-refractivity contribution in [1.29, 1.82) is 0 Å². The summed E-state index contributed by atoms with van der Waals surface area (Å²) < 4.78 is 21.9. The fourth-order valence-corrected chi connectivity index (χ4v) is 2.20. The Kier molecular flexibility index (Phi) is 12.2. The van der Waals surface area contributed by atoms with Crippen LogP contribution in [0.5, 0.6) is 0 Å². The monoisotopic (exact) mass is 409 g/mol. The van der Waals surface area contributed by atoms with Crippen molar-refractivity contribution >= 4 is 12.1 Å². The fourth-order valence-electron chi connectivity index (χ4n) is 2.20. The van der Waals surface area contributed by atoms with E-state index in [2.05, 4.69) is 25.1 Å². The van der Waals surface area contributed by atoms with Gasteiger partial charge in [-0.05, 0) is 32.9 Å². The quantitative estimate of drug-likeness (QED) is 0.152. The molecule has 0 rings (SSSR count). The molecule has 0 heterocycles. The topological polar surface area (TPSA) is 83.1 Å². The zero-order valence-electron chi connectivity index (χ0n) is 18.3. The smallest absolute Gasteiger partial charge is 0.407 e. The lowest BCUT2D eigenvalue weighted by Gasteiger charge is -2.32. The Hall–Kier alpha value is -2.70. The van der Waals surface area contributed by atoms with Crippen LogP contribution in [0.1, 0.15) is 41.0 Å². The second-order valence-corrected chi connectivity index (χ2v) is 7.22. The Morgan fingerprint density at radius 2 is 1.79 bits per heavy atom. The Bertz CT molecular complexity index is 606. The van der Waals surface area contributed by atoms with Gasteiger partial charge in [0, 0.05) is 18.4 Å². The zero-order valence-corrected chi connectivity index (χ0v) is 18.3. The molecule has 0 fully saturated rings. The van der Waals surface area contributed by atoms with Gasteiger partial charge in [-0.2, -0.15) is 0 Å². The number of esters is 1. The molecule has 29 heavy (non-hydrogen) atoms. The molecule has 1 atom stereocenters. The number of ether oxygens (including phenoxy) is 4. The van der Waals surface area contributed by atoms with Crippen LogP contribution in [0.3, 0.4) is 0 Å². The van der Waals surface area contributed by atoms with Crippen molar-refractivity contribution in [3.05, 3.63) is 49.5 Å². The van der Waals surface area contributed by atoms with Crippen LogP contribution in [0.25, 0.3) is 0 Å². The molecule has 0 aliphatic rings. The van der Waals surface area contributed by atoms with Crippen LogP contribution >= 0.6 is 0 Å². The number of carbonyl (C=O) groups excluding carboxylic acids is 2. The Morgan fingerprint density at radius 1 is 1.14 bits per heavy atom. The molecule has 1 unspecified atom stereocenters. The molecule has 0 saturated carbocycles. The second-order valence-electron chi connectivity index (χ2n) is 7.22. The number of hydrogen-bond acceptors (Lipinski definition) is 6. The van der Waals surface area contributed by atoms with Crippen molar-refractivity contribution in [1.82, 2.24) is 5.32 Å². The van der Waals surface area contributed by atoms with E-state index in [0.29, 0.717) is 17.9 Å². The van der Waals surface area contributed by atoms with Crippen molar-refractivity contribution in [3.8, 4) is 0 Å². The first kappa shape index (κ1) is 26.3. The molecule has 0 aromatic carbocycles. The standard InChI is InChI=1S/C22H35NO6/c1-9-18(10-2)27-15-19(14-22(7,8)29-17(6)16(4)5)28-21(25)23-12-13-26-20(24)11-3/h9-11,16,19H,1,3,6,12-15H2,2,4-5,7-8H3,(H,23,25)/b18-10+. The van der Waals surface area contributed by atoms with Crippen LogP contribution in [-0.2, 0) is 23.7 Å². The lowest BCUT2D eigenvalue weighted by molar-refractivity contribution is -0.137. The maximum absolute atomic E-state index is 12.1. The molecular formula is C22H35NO6. The highest BCUT2D eigenvalue weighted by atomic mass is 16.6. The van der Waals surface area contributed by atoms with Crippen LogP contribution in [0.2, 0.25) is 0 Å². The number of carbonyl (C=O) groups is 2. The Morgan fingerprint density at radius 3 is 2.31 bits per heavy atom. The summed E-state index contributed by atoms with van der Waals surface area (Å²) in [6, 6.07) is 0. The van der Waals surface area contributed by atoms with E-state index in [4.69, 9.17) is 18.9 Å². The third-order valence-electron chi connectivity index (χ3n) is 3.75. The average molecular weight is 410 g/mol. The van der Waals surface area contributed by atoms with Gasteiger partial charge >= 0.3 is 12.1 Å². The zero-order chi connectivity index (χ0) is 22.4. The summed E-state index contributed by atoms with van der Waals surface area (Å²) in [5, 5.41) is 2.53. The normalized spacial score (nSPS) is 12.6. The molecule has 7 heteroatoms. The lowest BCUT2D eigenvalue weighted by atomic mass is 10.00. The lowest BCUT2D eigenvalue weighted by Crippen LogP contribution is -2.38. The molecule has 0 aromatic heterocycles. The van der Waals surface area contributed by atoms with E-state index < -0.39 is 23.8 Å². The summed E-state index contributed by atoms with van der Waals surface area (Å²) in [6.45, 7) is 20.8. The van der Waals surface area contributed by atoms with Gasteiger partial charge in [0.1, 0.15) is 30.7 Å². The third kappa shape index (κ3) is 12.4. The molecule has 0 aromatic rings. The highest BCUT2D eigenvalue weighted by Gasteiger charge is 2.29. The van der Waals surface area contributed by atoms with Crippen LogP contribution in [-0.4, -0.2) is 43.5 Å². The van der Waals surface area contributed by atoms with E-state index in [-0.39, 0.29) is 25.7 Å². The molecular weight excluding hydrogens is 374 g/mol. The van der Waals surface area contributed by atoms with Gasteiger partial charge in [-0.3, -0.25) is 0 Å². The Labute approximate surface area is 174 Å². The minimum Gasteiger partial charge on any atom is -0.492 e. The van der Waals surface area contributed by atoms with Crippen LogP contribution < -0.4 is 5.32 Å². The molecule has 0 aliphatic carbocycles. The first-order valence-electron chi connectivity index (χ1n) is 9.57. The molecule has 164 valence electrons. The van der Waals surface area contributed by atoms with Gasteiger partial charge in [0.25, 0.3) is 0 Å². The van der Waals surface area contributed by atoms with Crippen LogP contribution in [0, 0.1) is 5.92 Å². The van der Waals surface area contributed by atoms with Crippen molar-refractivity contribution in [3.63, 3.8) is 0 Å². The average Bonchev–Trinajstić information content (AvgIpc) is 2.64. The highest BCUT2D eigenvalue weighted by molar-refractivity contribution is 5.81. The highest BCUT2D eigenvalue weighted by Crippen LogP contribution is 2.25. The van der Waals surface area contributed by atoms with Crippen molar-refractivity contribution in [2.45, 2.75) is 52.7 Å². The molecule has 0 saturated heterocycles. The SMILES string of the molecule is C=CC(=O)OCCNC(=O)OC(CO/C(C=C)=C/C)CC(C)(C)OC(=C)C(C)C. The molecule has 0 radical (unpaired) electrons. The van der Waals surface area contributed by atoms with Gasteiger partial charge in [-0.1, -0.05) is 33.6 Å². The minimum absolute atomic E-state index is 0.0170. The number of allylic oxidation sites excluding steroid dienone is 3. The second kappa shape index (κ2) is 13.5. The van der Waals surface area contributed by atoms with Crippen molar-refractivity contribution in [2.75, 3.05) is 19.8 Å². The predicted octanol–water partition coefficient (Wildman–Crippen LogP) is 4.27. The first-order valence-corrected chi connectivity index (χ1v) is 9.57. The summed E-state index contributed by atoms with van der Waals surface area (Å²) in [5.74, 6) is 0.852. The van der Waals surface area contributed by atoms with E-state index in [1.807, 2.05) is 34.6 Å². The maximum Gasteiger partial charge on any atom is 0.407 e. The van der Waals surface area contributed by atoms with Gasteiger partial charge in [-0.25, -0.2) is 9.59 Å². The number of amides is 1. The number of hydrogen-bond donors (Lipinski definition) is 1. The van der Waals surface area contributed by atoms with E-state index in [1.165, 1.54) is 0 Å². The third-order valence-corrected chi connectivity index (χ3v) is 3.75. The number of rotatable bonds is 14. The maximum atomic E-state index is 12.1. The summed E-state index contributed by atoms with van der Waals surface area (Å²) in [6.07, 6.45) is 3.54. The molecule has 0 aliphatic heterocycles. The molecule has 0 bridgehead atoms. The van der Waals surface area contributed by atoms with Gasteiger partial charge in [0.2, 0.25) is 0 Å². The van der Waals surface area contributed by atoms with Gasteiger partial charge in [0.05, 0.1) is 12.3 Å². The minimum atomic E-state index is -0.646. The summed E-state index contributed by atoms with van der Waals surface area (Å²) in [7, 11) is 0. The summed E-state index contributed by atoms with van der Waals surface area (Å²) >= 11 is 0. The van der Waals surface area contributed by atoms with E-state index in [9.17, 15) is 9.59 Å². The Balaban J connectivity index is 4.88. The van der Waals surface area contributed by atoms with Crippen molar-refractivity contribution < 1.29 is 28.5 Å². The van der Waals surface area contributed by atoms with E-state index in [0.717, 1.165) is 6.08 Å². The molecule has 1 N–H and O–H groups in total. The summed E-state index contributed by atoms with van der Waals surface area (Å²) in [4.78, 5) is 23.1. The van der Waals surface area contributed by atoms with Gasteiger partial charge in [-0.15, -0.1) is 0 Å². The van der Waals surface area contributed by atoms with Gasteiger partial charge in [0.15, 0.2) is 0 Å². The number of alkyl carbamates (subject to hydrolysis) is 1. The van der Waals surface area contributed by atoms with E-state index in [1.54, 1.807) is 12.2 Å². The van der Waals surface area contributed by atoms with E-state index >= 15 is 0 Å². The first-order chi connectivity index (χ1) is 13.5. The fraction of sp³-hybridized carbons (Fsp3) is 0.545. The molecule has 0 spiro atoms.